The Bertz CT molecular complexity index is 976. The highest BCUT2D eigenvalue weighted by Crippen LogP contribution is 2.33. The summed E-state index contributed by atoms with van der Waals surface area (Å²) in [7, 11) is -0.608. The lowest BCUT2D eigenvalue weighted by atomic mass is 10.2. The number of hydrogen-bond donors (Lipinski definition) is 1. The third-order valence-electron chi connectivity index (χ3n) is 4.84. The maximum Gasteiger partial charge on any atom is 0.232 e. The van der Waals surface area contributed by atoms with Gasteiger partial charge in [0.1, 0.15) is 23.9 Å². The number of benzene rings is 2. The van der Waals surface area contributed by atoms with Crippen molar-refractivity contribution in [2.24, 2.45) is 0 Å². The summed E-state index contributed by atoms with van der Waals surface area (Å²) in [4.78, 5) is 12.1. The Balaban J connectivity index is 1.84. The Morgan fingerprint density at radius 3 is 2.31 bits per heavy atom. The Labute approximate surface area is 190 Å². The van der Waals surface area contributed by atoms with Crippen molar-refractivity contribution < 1.29 is 27.4 Å². The molecule has 9 heteroatoms. The minimum atomic E-state index is -3.58. The monoisotopic (exact) mass is 464 g/mol. The van der Waals surface area contributed by atoms with Crippen LogP contribution in [-0.2, 0) is 21.2 Å². The quantitative estimate of drug-likeness (QED) is 0.458. The number of carbonyl (C=O) groups is 1. The number of amides is 1. The van der Waals surface area contributed by atoms with E-state index in [9.17, 15) is 13.2 Å². The van der Waals surface area contributed by atoms with Crippen molar-refractivity contribution in [3.8, 4) is 17.2 Å². The first-order valence-electron chi connectivity index (χ1n) is 10.5. The molecule has 0 saturated heterocycles. The number of methoxy groups -OCH3 is 2. The van der Waals surface area contributed by atoms with E-state index in [1.165, 1.54) is 24.1 Å². The molecule has 0 aliphatic carbocycles. The molecule has 0 aromatic heterocycles. The first-order valence-corrected chi connectivity index (χ1v) is 12.3. The van der Waals surface area contributed by atoms with Gasteiger partial charge in [-0.05, 0) is 42.7 Å². The highest BCUT2D eigenvalue weighted by molar-refractivity contribution is 7.92. The van der Waals surface area contributed by atoms with Crippen LogP contribution in [0.4, 0.5) is 5.69 Å². The number of rotatable bonds is 13. The summed E-state index contributed by atoms with van der Waals surface area (Å²) in [6, 6.07) is 12.8. The second-order valence-corrected chi connectivity index (χ2v) is 9.08. The average Bonchev–Trinajstić information content (AvgIpc) is 2.78. The largest absolute Gasteiger partial charge is 0.497 e. The minimum absolute atomic E-state index is 0.135. The molecule has 0 fully saturated rings. The summed E-state index contributed by atoms with van der Waals surface area (Å²) in [6.45, 7) is 2.95. The molecule has 8 nitrogen and oxygen atoms in total. The number of carbonyl (C=O) groups excluding carboxylic acids is 1. The van der Waals surface area contributed by atoms with Gasteiger partial charge in [0.25, 0.3) is 0 Å². The second-order valence-electron chi connectivity index (χ2n) is 7.17. The van der Waals surface area contributed by atoms with Crippen LogP contribution >= 0.6 is 0 Å². The van der Waals surface area contributed by atoms with Gasteiger partial charge in [-0.3, -0.25) is 9.10 Å². The Kier molecular flexibility index (Phi) is 9.64. The van der Waals surface area contributed by atoms with Crippen molar-refractivity contribution in [1.29, 1.82) is 0 Å². The van der Waals surface area contributed by atoms with Gasteiger partial charge in [-0.15, -0.1) is 0 Å². The predicted octanol–water partition coefficient (Wildman–Crippen LogP) is 3.01. The van der Waals surface area contributed by atoms with Crippen LogP contribution in [0, 0.1) is 0 Å². The molecular formula is C23H32N2O6S. The molecule has 0 aliphatic rings. The summed E-state index contributed by atoms with van der Waals surface area (Å²) in [5, 5.41) is 2.79. The van der Waals surface area contributed by atoms with Crippen LogP contribution in [0.5, 0.6) is 17.2 Å². The standard InChI is InChI=1S/C23H32N2O6S/c1-5-18-8-10-19(11-9-18)31-16-14-24-23(26)7-6-15-25(32(4,27)28)21-17-20(29-2)12-13-22(21)30-3/h8-13,17H,5-7,14-16H2,1-4H3,(H,24,26). The molecule has 0 saturated carbocycles. The lowest BCUT2D eigenvalue weighted by molar-refractivity contribution is -0.121. The molecule has 0 unspecified atom stereocenters. The lowest BCUT2D eigenvalue weighted by Gasteiger charge is -2.24. The van der Waals surface area contributed by atoms with Gasteiger partial charge in [0.2, 0.25) is 15.9 Å². The van der Waals surface area contributed by atoms with Crippen LogP contribution in [-0.4, -0.2) is 54.5 Å². The maximum atomic E-state index is 12.4. The normalized spacial score (nSPS) is 11.0. The zero-order chi connectivity index (χ0) is 23.6. The minimum Gasteiger partial charge on any atom is -0.497 e. The van der Waals surface area contributed by atoms with Crippen molar-refractivity contribution in [3.63, 3.8) is 0 Å². The van der Waals surface area contributed by atoms with Gasteiger partial charge in [-0.2, -0.15) is 0 Å². The third-order valence-corrected chi connectivity index (χ3v) is 6.02. The van der Waals surface area contributed by atoms with Gasteiger partial charge in [-0.1, -0.05) is 19.1 Å². The van der Waals surface area contributed by atoms with E-state index >= 15 is 0 Å². The Morgan fingerprint density at radius 1 is 1.03 bits per heavy atom. The van der Waals surface area contributed by atoms with Gasteiger partial charge in [0.05, 0.1) is 32.7 Å². The molecule has 1 N–H and O–H groups in total. The topological polar surface area (TPSA) is 94.2 Å². The van der Waals surface area contributed by atoms with Crippen molar-refractivity contribution in [1.82, 2.24) is 5.32 Å². The van der Waals surface area contributed by atoms with E-state index in [0.29, 0.717) is 36.8 Å². The van der Waals surface area contributed by atoms with Gasteiger partial charge in [0.15, 0.2) is 0 Å². The van der Waals surface area contributed by atoms with Crippen LogP contribution in [0.3, 0.4) is 0 Å². The van der Waals surface area contributed by atoms with Crippen LogP contribution < -0.4 is 23.8 Å². The number of anilines is 1. The highest BCUT2D eigenvalue weighted by atomic mass is 32.2. The lowest BCUT2D eigenvalue weighted by Crippen LogP contribution is -2.33. The number of nitrogens with zero attached hydrogens (tertiary/aromatic N) is 1. The molecule has 32 heavy (non-hydrogen) atoms. The van der Waals surface area contributed by atoms with Crippen LogP contribution in [0.1, 0.15) is 25.3 Å². The van der Waals surface area contributed by atoms with Crippen LogP contribution in [0.15, 0.2) is 42.5 Å². The molecule has 2 aromatic rings. The summed E-state index contributed by atoms with van der Waals surface area (Å²) >= 11 is 0. The van der Waals surface area contributed by atoms with Crippen LogP contribution in [0.2, 0.25) is 0 Å². The molecule has 0 radical (unpaired) electrons. The van der Waals surface area contributed by atoms with Crippen molar-refractivity contribution >= 4 is 21.6 Å². The van der Waals surface area contributed by atoms with E-state index in [1.54, 1.807) is 18.2 Å². The number of nitrogens with one attached hydrogen (secondary N) is 1. The maximum absolute atomic E-state index is 12.4. The van der Waals surface area contributed by atoms with Crippen molar-refractivity contribution in [2.45, 2.75) is 26.2 Å². The Morgan fingerprint density at radius 2 is 1.72 bits per heavy atom. The molecule has 0 atom stereocenters. The second kappa shape index (κ2) is 12.2. The molecule has 176 valence electrons. The third kappa shape index (κ3) is 7.64. The number of aryl methyl sites for hydroxylation is 1. The zero-order valence-electron chi connectivity index (χ0n) is 19.1. The summed E-state index contributed by atoms with van der Waals surface area (Å²) in [5.41, 5.74) is 1.61. The van der Waals surface area contributed by atoms with E-state index in [2.05, 4.69) is 12.2 Å². The van der Waals surface area contributed by atoms with E-state index in [0.717, 1.165) is 18.4 Å². The first-order chi connectivity index (χ1) is 15.3. The van der Waals surface area contributed by atoms with Crippen molar-refractivity contribution in [2.75, 3.05) is 44.5 Å². The summed E-state index contributed by atoms with van der Waals surface area (Å²) < 4.78 is 42.1. The highest BCUT2D eigenvalue weighted by Gasteiger charge is 2.22. The smallest absolute Gasteiger partial charge is 0.232 e. The molecule has 0 bridgehead atoms. The number of ether oxygens (including phenoxy) is 3. The molecule has 2 aromatic carbocycles. The first kappa shape index (κ1) is 25.3. The summed E-state index contributed by atoms with van der Waals surface area (Å²) in [6.07, 6.45) is 2.62. The van der Waals surface area contributed by atoms with E-state index in [1.807, 2.05) is 24.3 Å². The van der Waals surface area contributed by atoms with E-state index < -0.39 is 10.0 Å². The van der Waals surface area contributed by atoms with Crippen LogP contribution in [0.25, 0.3) is 0 Å². The molecule has 2 rings (SSSR count). The fourth-order valence-corrected chi connectivity index (χ4v) is 4.07. The molecular weight excluding hydrogens is 432 g/mol. The van der Waals surface area contributed by atoms with Gasteiger partial charge in [-0.25, -0.2) is 8.42 Å². The predicted molar refractivity (Wildman–Crippen MR) is 125 cm³/mol. The molecule has 0 aliphatic heterocycles. The van der Waals surface area contributed by atoms with Gasteiger partial charge < -0.3 is 19.5 Å². The molecule has 0 heterocycles. The van der Waals surface area contributed by atoms with E-state index in [-0.39, 0.29) is 18.9 Å². The van der Waals surface area contributed by atoms with E-state index in [4.69, 9.17) is 14.2 Å². The summed E-state index contributed by atoms with van der Waals surface area (Å²) in [5.74, 6) is 1.51. The van der Waals surface area contributed by atoms with Gasteiger partial charge in [0, 0.05) is 19.0 Å². The number of hydrogen-bond acceptors (Lipinski definition) is 6. The Hall–Kier alpha value is -2.94. The zero-order valence-corrected chi connectivity index (χ0v) is 19.9. The molecule has 1 amide bonds. The fourth-order valence-electron chi connectivity index (χ4n) is 3.11. The fraction of sp³-hybridized carbons (Fsp3) is 0.435. The number of sulfonamides is 1. The SMILES string of the molecule is CCc1ccc(OCCNC(=O)CCCN(c2cc(OC)ccc2OC)S(C)(=O)=O)cc1. The molecule has 0 spiro atoms. The van der Waals surface area contributed by atoms with Crippen molar-refractivity contribution in [3.05, 3.63) is 48.0 Å². The average molecular weight is 465 g/mol. The van der Waals surface area contributed by atoms with Gasteiger partial charge >= 0.3 is 0 Å².